The summed E-state index contributed by atoms with van der Waals surface area (Å²) >= 11 is 7.61. The Hall–Kier alpha value is -0.670. The molecule has 100 valence electrons. The summed E-state index contributed by atoms with van der Waals surface area (Å²) in [6, 6.07) is 7.45. The van der Waals surface area contributed by atoms with Gasteiger partial charge in [0.25, 0.3) is 5.91 Å². The van der Waals surface area contributed by atoms with Crippen LogP contribution in [0.4, 0.5) is 0 Å². The monoisotopic (exact) mass is 285 g/mol. The molecule has 0 saturated heterocycles. The second kappa shape index (κ2) is 9.29. The number of hydrogen-bond donors (Lipinski definition) is 1. The van der Waals surface area contributed by atoms with Crippen molar-refractivity contribution < 1.29 is 4.79 Å². The van der Waals surface area contributed by atoms with Gasteiger partial charge in [-0.3, -0.25) is 4.79 Å². The molecule has 0 fully saturated rings. The van der Waals surface area contributed by atoms with Crippen LogP contribution in [0.25, 0.3) is 0 Å². The lowest BCUT2D eigenvalue weighted by molar-refractivity contribution is 0.0953. The van der Waals surface area contributed by atoms with Crippen molar-refractivity contribution in [2.24, 2.45) is 0 Å². The summed E-state index contributed by atoms with van der Waals surface area (Å²) in [5.41, 5.74) is 1.67. The van der Waals surface area contributed by atoms with Crippen molar-refractivity contribution in [3.8, 4) is 0 Å². The van der Waals surface area contributed by atoms with Gasteiger partial charge in [-0.2, -0.15) is 11.8 Å². The van der Waals surface area contributed by atoms with Crippen LogP contribution in [0.15, 0.2) is 24.3 Å². The van der Waals surface area contributed by atoms with Gasteiger partial charge in [-0.15, -0.1) is 11.6 Å². The van der Waals surface area contributed by atoms with Crippen LogP contribution < -0.4 is 5.32 Å². The van der Waals surface area contributed by atoms with Crippen molar-refractivity contribution in [1.82, 2.24) is 5.32 Å². The first-order chi connectivity index (χ1) is 8.77. The summed E-state index contributed by atoms with van der Waals surface area (Å²) in [5, 5.41) is 2.94. The number of thioether (sulfide) groups is 1. The summed E-state index contributed by atoms with van der Waals surface area (Å²) in [5.74, 6) is 1.63. The maximum absolute atomic E-state index is 11.8. The average Bonchev–Trinajstić information content (AvgIpc) is 2.42. The van der Waals surface area contributed by atoms with Gasteiger partial charge in [-0.1, -0.05) is 18.6 Å². The zero-order valence-electron chi connectivity index (χ0n) is 10.7. The Kier molecular flexibility index (Phi) is 7.94. The number of rotatable bonds is 8. The minimum atomic E-state index is -0.00756. The number of unbranched alkanes of at least 4 members (excludes halogenated alkanes) is 2. The quantitative estimate of drug-likeness (QED) is 0.583. The second-order valence-electron chi connectivity index (χ2n) is 4.14. The highest BCUT2D eigenvalue weighted by atomic mass is 35.5. The first-order valence-corrected chi connectivity index (χ1v) is 8.13. The third-order valence-electron chi connectivity index (χ3n) is 2.65. The summed E-state index contributed by atoms with van der Waals surface area (Å²) in [6.45, 7) is 0.748. The number of nitrogens with one attached hydrogen (secondary N) is 1. The molecule has 0 radical (unpaired) electrons. The van der Waals surface area contributed by atoms with Crippen molar-refractivity contribution >= 4 is 29.3 Å². The van der Waals surface area contributed by atoms with Crippen LogP contribution in [0.1, 0.15) is 35.2 Å². The summed E-state index contributed by atoms with van der Waals surface area (Å²) < 4.78 is 0. The zero-order chi connectivity index (χ0) is 13.2. The highest BCUT2D eigenvalue weighted by Crippen LogP contribution is 2.08. The molecule has 0 aliphatic heterocycles. The standard InChI is InChI=1S/C14H20ClNOS/c1-18-9-4-2-3-8-16-14(17)13-7-5-6-12(10-13)11-15/h5-7,10H,2-4,8-9,11H2,1H3,(H,16,17). The van der Waals surface area contributed by atoms with Crippen LogP contribution in [0.5, 0.6) is 0 Å². The molecule has 0 aliphatic rings. The van der Waals surface area contributed by atoms with Crippen LogP contribution >= 0.6 is 23.4 Å². The molecular formula is C14H20ClNOS. The highest BCUT2D eigenvalue weighted by molar-refractivity contribution is 7.98. The zero-order valence-corrected chi connectivity index (χ0v) is 12.3. The lowest BCUT2D eigenvalue weighted by Crippen LogP contribution is -2.24. The predicted octanol–water partition coefficient (Wildman–Crippen LogP) is 3.69. The molecule has 1 rings (SSSR count). The molecule has 18 heavy (non-hydrogen) atoms. The first-order valence-electron chi connectivity index (χ1n) is 6.20. The Labute approximate surface area is 118 Å². The van der Waals surface area contributed by atoms with Gasteiger partial charge in [0, 0.05) is 18.0 Å². The fourth-order valence-corrected chi connectivity index (χ4v) is 2.31. The molecule has 0 saturated carbocycles. The van der Waals surface area contributed by atoms with Crippen molar-refractivity contribution in [1.29, 1.82) is 0 Å². The number of carbonyl (C=O) groups is 1. The lowest BCUT2D eigenvalue weighted by Gasteiger charge is -2.06. The van der Waals surface area contributed by atoms with Gasteiger partial charge < -0.3 is 5.32 Å². The number of benzene rings is 1. The Balaban J connectivity index is 2.27. The largest absolute Gasteiger partial charge is 0.352 e. The van der Waals surface area contributed by atoms with Crippen molar-refractivity contribution in [2.75, 3.05) is 18.6 Å². The molecule has 0 bridgehead atoms. The number of halogens is 1. The van der Waals surface area contributed by atoms with E-state index in [1.807, 2.05) is 36.0 Å². The SMILES string of the molecule is CSCCCCCNC(=O)c1cccc(CCl)c1. The van der Waals surface area contributed by atoms with E-state index in [4.69, 9.17) is 11.6 Å². The van der Waals surface area contributed by atoms with E-state index in [-0.39, 0.29) is 5.91 Å². The van der Waals surface area contributed by atoms with Gasteiger partial charge in [-0.25, -0.2) is 0 Å². The van der Waals surface area contributed by atoms with Gasteiger partial charge in [0.05, 0.1) is 0 Å². The summed E-state index contributed by atoms with van der Waals surface area (Å²) in [4.78, 5) is 11.8. The van der Waals surface area contributed by atoms with E-state index in [0.29, 0.717) is 11.4 Å². The molecule has 0 aliphatic carbocycles. The van der Waals surface area contributed by atoms with Gasteiger partial charge in [0.1, 0.15) is 0 Å². The van der Waals surface area contributed by atoms with E-state index < -0.39 is 0 Å². The van der Waals surface area contributed by atoms with Crippen molar-refractivity contribution in [3.63, 3.8) is 0 Å². The van der Waals surface area contributed by atoms with Crippen LogP contribution in [-0.4, -0.2) is 24.5 Å². The molecular weight excluding hydrogens is 266 g/mol. The minimum absolute atomic E-state index is 0.00756. The molecule has 1 aromatic carbocycles. The van der Waals surface area contributed by atoms with Crippen LogP contribution in [-0.2, 0) is 5.88 Å². The van der Waals surface area contributed by atoms with Gasteiger partial charge >= 0.3 is 0 Å². The second-order valence-corrected chi connectivity index (χ2v) is 5.40. The smallest absolute Gasteiger partial charge is 0.251 e. The average molecular weight is 286 g/mol. The molecule has 0 unspecified atom stereocenters. The Morgan fingerprint density at radius 1 is 1.33 bits per heavy atom. The maximum Gasteiger partial charge on any atom is 0.251 e. The Morgan fingerprint density at radius 2 is 2.17 bits per heavy atom. The number of alkyl halides is 1. The molecule has 0 spiro atoms. The first kappa shape index (κ1) is 15.4. The summed E-state index contributed by atoms with van der Waals surface area (Å²) in [6.07, 6.45) is 5.55. The predicted molar refractivity (Wildman–Crippen MR) is 80.6 cm³/mol. The van der Waals surface area contributed by atoms with E-state index in [1.165, 1.54) is 18.6 Å². The molecule has 1 N–H and O–H groups in total. The Bertz CT molecular complexity index is 371. The molecule has 4 heteroatoms. The van der Waals surface area contributed by atoms with E-state index in [0.717, 1.165) is 18.5 Å². The Morgan fingerprint density at radius 3 is 2.89 bits per heavy atom. The number of carbonyl (C=O) groups excluding carboxylic acids is 1. The summed E-state index contributed by atoms with van der Waals surface area (Å²) in [7, 11) is 0. The highest BCUT2D eigenvalue weighted by Gasteiger charge is 2.04. The minimum Gasteiger partial charge on any atom is -0.352 e. The molecule has 1 amide bonds. The molecule has 1 aromatic rings. The van der Waals surface area contributed by atoms with Crippen molar-refractivity contribution in [3.05, 3.63) is 35.4 Å². The third kappa shape index (κ3) is 5.78. The van der Waals surface area contributed by atoms with Crippen LogP contribution in [0.3, 0.4) is 0 Å². The fraction of sp³-hybridized carbons (Fsp3) is 0.500. The number of hydrogen-bond acceptors (Lipinski definition) is 2. The number of amides is 1. The van der Waals surface area contributed by atoms with Gasteiger partial charge in [-0.05, 0) is 42.5 Å². The normalized spacial score (nSPS) is 10.3. The molecule has 2 nitrogen and oxygen atoms in total. The molecule has 0 heterocycles. The third-order valence-corrected chi connectivity index (χ3v) is 3.66. The molecule has 0 aromatic heterocycles. The topological polar surface area (TPSA) is 29.1 Å². The van der Waals surface area contributed by atoms with Crippen LogP contribution in [0, 0.1) is 0 Å². The van der Waals surface area contributed by atoms with Crippen molar-refractivity contribution in [2.45, 2.75) is 25.1 Å². The molecule has 0 atom stereocenters. The van der Waals surface area contributed by atoms with E-state index in [1.54, 1.807) is 0 Å². The van der Waals surface area contributed by atoms with E-state index in [9.17, 15) is 4.79 Å². The maximum atomic E-state index is 11.8. The van der Waals surface area contributed by atoms with E-state index in [2.05, 4.69) is 11.6 Å². The van der Waals surface area contributed by atoms with Gasteiger partial charge in [0.15, 0.2) is 0 Å². The fourth-order valence-electron chi connectivity index (χ4n) is 1.65. The van der Waals surface area contributed by atoms with Gasteiger partial charge in [0.2, 0.25) is 0 Å². The van der Waals surface area contributed by atoms with Crippen LogP contribution in [0.2, 0.25) is 0 Å². The van der Waals surface area contributed by atoms with E-state index >= 15 is 0 Å². The lowest BCUT2D eigenvalue weighted by atomic mass is 10.1.